The first-order chi connectivity index (χ1) is 16.5. The Kier molecular flexibility index (Phi) is 5.28. The predicted molar refractivity (Wildman–Crippen MR) is 121 cm³/mol. The van der Waals surface area contributed by atoms with E-state index in [0.717, 1.165) is 11.3 Å². The number of nitriles is 1. The van der Waals surface area contributed by atoms with Crippen molar-refractivity contribution in [3.05, 3.63) is 65.5 Å². The lowest BCUT2D eigenvalue weighted by atomic mass is 10.0. The van der Waals surface area contributed by atoms with E-state index in [4.69, 9.17) is 0 Å². The van der Waals surface area contributed by atoms with E-state index in [2.05, 4.69) is 42.0 Å². The average molecular weight is 461 g/mol. The smallest absolute Gasteiger partial charge is 0.263 e. The zero-order valence-electron chi connectivity index (χ0n) is 18.5. The van der Waals surface area contributed by atoms with Crippen LogP contribution in [0.4, 0.5) is 20.3 Å². The zero-order valence-corrected chi connectivity index (χ0v) is 18.5. The van der Waals surface area contributed by atoms with Crippen LogP contribution < -0.4 is 10.6 Å². The van der Waals surface area contributed by atoms with Crippen LogP contribution in [0.15, 0.2) is 43.0 Å². The number of alkyl halides is 2. The summed E-state index contributed by atoms with van der Waals surface area (Å²) in [5, 5.41) is 25.1. The van der Waals surface area contributed by atoms with E-state index >= 15 is 0 Å². The molecule has 1 aliphatic carbocycles. The maximum absolute atomic E-state index is 13.6. The van der Waals surface area contributed by atoms with Crippen molar-refractivity contribution in [2.75, 3.05) is 17.7 Å². The minimum absolute atomic E-state index is 0.362. The third-order valence-corrected chi connectivity index (χ3v) is 6.20. The van der Waals surface area contributed by atoms with E-state index < -0.39 is 18.0 Å². The Morgan fingerprint density at radius 2 is 2.03 bits per heavy atom. The minimum atomic E-state index is -2.52. The van der Waals surface area contributed by atoms with Gasteiger partial charge in [-0.25, -0.2) is 23.4 Å². The molecule has 1 aromatic carbocycles. The Labute approximate surface area is 193 Å². The summed E-state index contributed by atoms with van der Waals surface area (Å²) >= 11 is 0. The number of aromatic nitrogens is 6. The lowest BCUT2D eigenvalue weighted by Crippen LogP contribution is -2.26. The molecule has 1 saturated carbocycles. The summed E-state index contributed by atoms with van der Waals surface area (Å²) in [5.74, 6) is 0.581. The summed E-state index contributed by atoms with van der Waals surface area (Å²) in [6.07, 6.45) is 2.85. The van der Waals surface area contributed by atoms with Gasteiger partial charge in [0.05, 0.1) is 23.3 Å². The summed E-state index contributed by atoms with van der Waals surface area (Å²) in [6.45, 7) is 1.87. The lowest BCUT2D eigenvalue weighted by molar-refractivity contribution is 0.0593. The van der Waals surface area contributed by atoms with Crippen molar-refractivity contribution in [1.29, 1.82) is 5.26 Å². The number of aryl methyl sites for hydroxylation is 1. The molecule has 34 heavy (non-hydrogen) atoms. The van der Waals surface area contributed by atoms with Gasteiger partial charge in [-0.05, 0) is 38.0 Å². The number of pyridine rings is 1. The standard InChI is InChI=1S/C23H21F2N9/c1-13-16(4-3-7-28-13)20(18-11-34(33-32-18)23(5-6-23)22(24)25)31-15-8-14(10-26)19-17(9-15)21(27-2)30-12-29-19/h3-4,7-9,11-12,20,22,31H,5-6H2,1-2H3,(H,27,29,30)/t20-/m0/s1. The van der Waals surface area contributed by atoms with E-state index in [1.54, 1.807) is 31.6 Å². The Hall–Kier alpha value is -4.20. The third kappa shape index (κ3) is 3.57. The first-order valence-corrected chi connectivity index (χ1v) is 10.7. The Morgan fingerprint density at radius 1 is 1.21 bits per heavy atom. The average Bonchev–Trinajstić information content (AvgIpc) is 3.52. The van der Waals surface area contributed by atoms with Gasteiger partial charge in [0.15, 0.2) is 0 Å². The van der Waals surface area contributed by atoms with Crippen LogP contribution in [-0.4, -0.2) is 43.4 Å². The van der Waals surface area contributed by atoms with E-state index in [0.29, 0.717) is 46.5 Å². The molecule has 0 saturated heterocycles. The van der Waals surface area contributed by atoms with Gasteiger partial charge >= 0.3 is 0 Å². The van der Waals surface area contributed by atoms with Gasteiger partial charge in [-0.3, -0.25) is 4.98 Å². The SMILES string of the molecule is CNc1ncnc2c(C#N)cc(N[C@H](c3cn(C4(C(F)F)CC4)nn3)c3cccnc3C)cc12. The molecule has 1 fully saturated rings. The highest BCUT2D eigenvalue weighted by Gasteiger charge is 2.54. The predicted octanol–water partition coefficient (Wildman–Crippen LogP) is 3.79. The summed E-state index contributed by atoms with van der Waals surface area (Å²) in [6, 6.07) is 8.88. The van der Waals surface area contributed by atoms with Crippen LogP contribution in [0.5, 0.6) is 0 Å². The van der Waals surface area contributed by atoms with Crippen molar-refractivity contribution in [1.82, 2.24) is 29.9 Å². The molecule has 1 atom stereocenters. The van der Waals surface area contributed by atoms with Gasteiger partial charge < -0.3 is 10.6 Å². The molecule has 0 radical (unpaired) electrons. The molecule has 11 heteroatoms. The van der Waals surface area contributed by atoms with Crippen LogP contribution in [0.25, 0.3) is 10.9 Å². The molecular weight excluding hydrogens is 440 g/mol. The molecule has 0 aliphatic heterocycles. The number of hydrogen-bond donors (Lipinski definition) is 2. The number of hydrogen-bond acceptors (Lipinski definition) is 8. The van der Waals surface area contributed by atoms with E-state index in [1.165, 1.54) is 11.0 Å². The van der Waals surface area contributed by atoms with Crippen molar-refractivity contribution >= 4 is 22.4 Å². The van der Waals surface area contributed by atoms with Crippen LogP contribution >= 0.6 is 0 Å². The molecule has 0 unspecified atom stereocenters. The molecule has 0 spiro atoms. The summed E-state index contributed by atoms with van der Waals surface area (Å²) < 4.78 is 28.6. The molecule has 4 aromatic rings. The van der Waals surface area contributed by atoms with Crippen molar-refractivity contribution < 1.29 is 8.78 Å². The summed E-state index contributed by atoms with van der Waals surface area (Å²) in [4.78, 5) is 12.9. The number of nitrogens with one attached hydrogen (secondary N) is 2. The highest BCUT2D eigenvalue weighted by atomic mass is 19.3. The molecule has 0 amide bonds. The molecule has 172 valence electrons. The highest BCUT2D eigenvalue weighted by molar-refractivity contribution is 5.95. The number of benzene rings is 1. The fraction of sp³-hybridized carbons (Fsp3) is 0.304. The highest BCUT2D eigenvalue weighted by Crippen LogP contribution is 2.48. The van der Waals surface area contributed by atoms with Crippen molar-refractivity contribution in [3.8, 4) is 6.07 Å². The molecule has 9 nitrogen and oxygen atoms in total. The van der Waals surface area contributed by atoms with E-state index in [9.17, 15) is 14.0 Å². The first kappa shape index (κ1) is 21.6. The van der Waals surface area contributed by atoms with Gasteiger partial charge in [-0.1, -0.05) is 11.3 Å². The Balaban J connectivity index is 1.61. The van der Waals surface area contributed by atoms with Crippen molar-refractivity contribution in [2.45, 2.75) is 37.8 Å². The second-order valence-corrected chi connectivity index (χ2v) is 8.25. The minimum Gasteiger partial charge on any atom is -0.373 e. The van der Waals surface area contributed by atoms with Gasteiger partial charge in [0, 0.05) is 35.6 Å². The van der Waals surface area contributed by atoms with Crippen molar-refractivity contribution in [2.24, 2.45) is 0 Å². The molecule has 1 aliphatic rings. The number of nitrogens with zero attached hydrogens (tertiary/aromatic N) is 7. The molecule has 5 rings (SSSR count). The normalized spacial score (nSPS) is 15.2. The summed E-state index contributed by atoms with van der Waals surface area (Å²) in [5.41, 5.74) is 2.28. The Bertz CT molecular complexity index is 1410. The van der Waals surface area contributed by atoms with Crippen LogP contribution in [0.1, 0.15) is 41.4 Å². The zero-order chi connectivity index (χ0) is 23.9. The van der Waals surface area contributed by atoms with Crippen LogP contribution in [0.2, 0.25) is 0 Å². The topological polar surface area (TPSA) is 117 Å². The maximum atomic E-state index is 13.6. The molecule has 3 aromatic heterocycles. The van der Waals surface area contributed by atoms with Gasteiger partial charge in [0.25, 0.3) is 6.43 Å². The fourth-order valence-electron chi connectivity index (χ4n) is 4.12. The van der Waals surface area contributed by atoms with Crippen LogP contribution in [-0.2, 0) is 5.54 Å². The number of halogens is 2. The number of rotatable bonds is 7. The number of anilines is 2. The van der Waals surface area contributed by atoms with Crippen LogP contribution in [0, 0.1) is 18.3 Å². The molecule has 2 N–H and O–H groups in total. The fourth-order valence-corrected chi connectivity index (χ4v) is 4.12. The largest absolute Gasteiger partial charge is 0.373 e. The van der Waals surface area contributed by atoms with Gasteiger partial charge in [0.2, 0.25) is 0 Å². The second-order valence-electron chi connectivity index (χ2n) is 8.25. The van der Waals surface area contributed by atoms with Crippen molar-refractivity contribution in [3.63, 3.8) is 0 Å². The monoisotopic (exact) mass is 461 g/mol. The van der Waals surface area contributed by atoms with Crippen LogP contribution in [0.3, 0.4) is 0 Å². The van der Waals surface area contributed by atoms with E-state index in [-0.39, 0.29) is 0 Å². The Morgan fingerprint density at radius 3 is 2.71 bits per heavy atom. The molecule has 0 bridgehead atoms. The summed E-state index contributed by atoms with van der Waals surface area (Å²) in [7, 11) is 1.74. The second kappa shape index (κ2) is 8.30. The first-order valence-electron chi connectivity index (χ1n) is 10.7. The van der Waals surface area contributed by atoms with Gasteiger partial charge in [0.1, 0.15) is 29.4 Å². The quantitative estimate of drug-likeness (QED) is 0.427. The molecule has 3 heterocycles. The van der Waals surface area contributed by atoms with E-state index in [1.807, 2.05) is 19.1 Å². The number of fused-ring (bicyclic) bond motifs is 1. The maximum Gasteiger partial charge on any atom is 0.263 e. The lowest BCUT2D eigenvalue weighted by Gasteiger charge is -2.20. The molecular formula is C23H21F2N9. The van der Waals surface area contributed by atoms with Gasteiger partial charge in [-0.2, -0.15) is 5.26 Å². The third-order valence-electron chi connectivity index (χ3n) is 6.20. The van der Waals surface area contributed by atoms with Gasteiger partial charge in [-0.15, -0.1) is 5.10 Å².